The fourth-order valence-corrected chi connectivity index (χ4v) is 6.13. The molecule has 6 nitrogen and oxygen atoms in total. The van der Waals surface area contributed by atoms with E-state index in [-0.39, 0.29) is 16.0 Å². The Morgan fingerprint density at radius 2 is 1.26 bits per heavy atom. The molecule has 3 aromatic carbocycles. The minimum absolute atomic E-state index is 0.125. The lowest BCUT2D eigenvalue weighted by molar-refractivity contribution is -0.0155. The molecule has 7 heteroatoms. The SMILES string of the molecule is CCCCCCCCCCCCCc1ccc2c3c(cccc13)C(=O)N(OS(=O)(=O)c1ccc(C)cc1)C2=O. The summed E-state index contributed by atoms with van der Waals surface area (Å²) < 4.78 is 30.8. The summed E-state index contributed by atoms with van der Waals surface area (Å²) in [6, 6.07) is 14.9. The maximum Gasteiger partial charge on any atom is 0.318 e. The van der Waals surface area contributed by atoms with Gasteiger partial charge in [0.15, 0.2) is 0 Å². The molecule has 0 N–H and O–H groups in total. The van der Waals surface area contributed by atoms with Gasteiger partial charge in [-0.15, -0.1) is 9.35 Å². The van der Waals surface area contributed by atoms with Crippen LogP contribution in [0.3, 0.4) is 0 Å². The molecule has 0 fully saturated rings. The summed E-state index contributed by atoms with van der Waals surface area (Å²) >= 11 is 0. The van der Waals surface area contributed by atoms with E-state index in [1.54, 1.807) is 30.3 Å². The minimum Gasteiger partial charge on any atom is -0.266 e. The number of amides is 2. The molecule has 4 rings (SSSR count). The topological polar surface area (TPSA) is 80.8 Å². The molecule has 39 heavy (non-hydrogen) atoms. The second-order valence-corrected chi connectivity index (χ2v) is 12.1. The van der Waals surface area contributed by atoms with Gasteiger partial charge in [-0.05, 0) is 55.0 Å². The number of hydroxylamine groups is 2. The van der Waals surface area contributed by atoms with Crippen molar-refractivity contribution in [3.8, 4) is 0 Å². The Morgan fingerprint density at radius 3 is 1.87 bits per heavy atom. The van der Waals surface area contributed by atoms with Gasteiger partial charge in [-0.2, -0.15) is 8.42 Å². The van der Waals surface area contributed by atoms with Crippen molar-refractivity contribution in [3.05, 3.63) is 76.9 Å². The van der Waals surface area contributed by atoms with Gasteiger partial charge in [0.05, 0.1) is 16.0 Å². The van der Waals surface area contributed by atoms with Crippen molar-refractivity contribution in [2.45, 2.75) is 95.8 Å². The third-order valence-electron chi connectivity index (χ3n) is 7.49. The largest absolute Gasteiger partial charge is 0.318 e. The second-order valence-electron chi connectivity index (χ2n) is 10.5. The van der Waals surface area contributed by atoms with Crippen LogP contribution in [0.25, 0.3) is 10.8 Å². The third-order valence-corrected chi connectivity index (χ3v) is 8.69. The zero-order chi connectivity index (χ0) is 27.8. The Hall–Kier alpha value is -3.03. The summed E-state index contributed by atoms with van der Waals surface area (Å²) in [4.78, 5) is 26.4. The number of hydrogen-bond donors (Lipinski definition) is 0. The molecule has 2 amide bonds. The van der Waals surface area contributed by atoms with Gasteiger partial charge in [-0.1, -0.05) is 107 Å². The molecule has 0 aromatic heterocycles. The first-order chi connectivity index (χ1) is 18.8. The van der Waals surface area contributed by atoms with Crippen LogP contribution in [0.1, 0.15) is 109 Å². The lowest BCUT2D eigenvalue weighted by Crippen LogP contribution is -2.41. The van der Waals surface area contributed by atoms with Gasteiger partial charge in [0, 0.05) is 5.39 Å². The molecular weight excluding hydrogens is 510 g/mol. The van der Waals surface area contributed by atoms with E-state index in [1.165, 1.54) is 69.9 Å². The molecular formula is C32H39NO5S. The van der Waals surface area contributed by atoms with E-state index in [9.17, 15) is 18.0 Å². The Bertz CT molecular complexity index is 1390. The van der Waals surface area contributed by atoms with Crippen molar-refractivity contribution in [3.63, 3.8) is 0 Å². The van der Waals surface area contributed by atoms with Crippen molar-refractivity contribution < 1.29 is 22.3 Å². The molecule has 0 bridgehead atoms. The number of carbonyl (C=O) groups excluding carboxylic acids is 2. The average molecular weight is 550 g/mol. The van der Waals surface area contributed by atoms with Crippen molar-refractivity contribution in [1.29, 1.82) is 0 Å². The maximum absolute atomic E-state index is 13.3. The highest BCUT2D eigenvalue weighted by Gasteiger charge is 2.38. The number of unbranched alkanes of at least 4 members (excludes halogenated alkanes) is 10. The number of hydrogen-bond acceptors (Lipinski definition) is 5. The molecule has 0 aliphatic carbocycles. The summed E-state index contributed by atoms with van der Waals surface area (Å²) in [5.41, 5.74) is 2.50. The van der Waals surface area contributed by atoms with Crippen LogP contribution >= 0.6 is 0 Å². The van der Waals surface area contributed by atoms with Crippen LogP contribution in [0.15, 0.2) is 59.5 Å². The number of aryl methyl sites for hydroxylation is 2. The van der Waals surface area contributed by atoms with E-state index in [0.717, 1.165) is 35.8 Å². The monoisotopic (exact) mass is 549 g/mol. The first kappa shape index (κ1) is 29.0. The van der Waals surface area contributed by atoms with Crippen LogP contribution in [0.4, 0.5) is 0 Å². The number of imide groups is 1. The molecule has 0 saturated carbocycles. The Kier molecular flexibility index (Phi) is 9.92. The van der Waals surface area contributed by atoms with Gasteiger partial charge in [-0.25, -0.2) is 0 Å². The van der Waals surface area contributed by atoms with Crippen LogP contribution in [-0.2, 0) is 20.8 Å². The summed E-state index contributed by atoms with van der Waals surface area (Å²) in [5.74, 6) is -1.55. The average Bonchev–Trinajstić information content (AvgIpc) is 2.93. The van der Waals surface area contributed by atoms with Crippen molar-refractivity contribution in [2.24, 2.45) is 0 Å². The molecule has 0 radical (unpaired) electrons. The molecule has 0 atom stereocenters. The highest BCUT2D eigenvalue weighted by Crippen LogP contribution is 2.34. The number of carbonyl (C=O) groups is 2. The minimum atomic E-state index is -4.37. The van der Waals surface area contributed by atoms with E-state index in [2.05, 4.69) is 6.92 Å². The lowest BCUT2D eigenvalue weighted by Gasteiger charge is -2.26. The van der Waals surface area contributed by atoms with E-state index >= 15 is 0 Å². The predicted octanol–water partition coefficient (Wildman–Crippen LogP) is 7.92. The summed E-state index contributed by atoms with van der Waals surface area (Å²) in [6.45, 7) is 4.08. The summed E-state index contributed by atoms with van der Waals surface area (Å²) in [5, 5.41) is 1.80. The van der Waals surface area contributed by atoms with Gasteiger partial charge in [0.2, 0.25) is 0 Å². The Morgan fingerprint density at radius 1 is 0.692 bits per heavy atom. The summed E-state index contributed by atoms with van der Waals surface area (Å²) in [7, 11) is -4.37. The van der Waals surface area contributed by atoms with Gasteiger partial charge in [-0.3, -0.25) is 9.59 Å². The highest BCUT2D eigenvalue weighted by molar-refractivity contribution is 7.86. The van der Waals surface area contributed by atoms with Crippen LogP contribution in [0.5, 0.6) is 0 Å². The van der Waals surface area contributed by atoms with Crippen LogP contribution in [0.2, 0.25) is 0 Å². The van der Waals surface area contributed by atoms with E-state index < -0.39 is 21.9 Å². The first-order valence-corrected chi connectivity index (χ1v) is 15.7. The number of nitrogens with zero attached hydrogens (tertiary/aromatic N) is 1. The number of rotatable bonds is 15. The van der Waals surface area contributed by atoms with Crippen molar-refractivity contribution in [2.75, 3.05) is 0 Å². The second kappa shape index (κ2) is 13.4. The van der Waals surface area contributed by atoms with E-state index in [0.29, 0.717) is 10.4 Å². The third kappa shape index (κ3) is 6.95. The maximum atomic E-state index is 13.3. The first-order valence-electron chi connectivity index (χ1n) is 14.3. The summed E-state index contributed by atoms with van der Waals surface area (Å²) in [6.07, 6.45) is 14.9. The Labute approximate surface area is 232 Å². The fourth-order valence-electron chi connectivity index (χ4n) is 5.25. The molecule has 1 heterocycles. The molecule has 0 spiro atoms. The highest BCUT2D eigenvalue weighted by atomic mass is 32.2. The van der Waals surface area contributed by atoms with Gasteiger partial charge < -0.3 is 0 Å². The zero-order valence-corrected chi connectivity index (χ0v) is 23.9. The molecule has 1 aliphatic rings. The Balaban J connectivity index is 1.39. The van der Waals surface area contributed by atoms with Gasteiger partial charge in [0.25, 0.3) is 11.8 Å². The quantitative estimate of drug-likeness (QED) is 0.142. The van der Waals surface area contributed by atoms with E-state index in [1.807, 2.05) is 19.1 Å². The van der Waals surface area contributed by atoms with Gasteiger partial charge in [0.1, 0.15) is 0 Å². The van der Waals surface area contributed by atoms with Crippen LogP contribution < -0.4 is 0 Å². The normalized spacial score (nSPS) is 13.4. The predicted molar refractivity (Wildman–Crippen MR) is 154 cm³/mol. The van der Waals surface area contributed by atoms with Crippen LogP contribution in [-0.4, -0.2) is 25.3 Å². The lowest BCUT2D eigenvalue weighted by atomic mass is 9.90. The molecule has 0 unspecified atom stereocenters. The van der Waals surface area contributed by atoms with Crippen molar-refractivity contribution >= 4 is 32.7 Å². The molecule has 0 saturated heterocycles. The fraction of sp³-hybridized carbons (Fsp3) is 0.438. The standard InChI is InChI=1S/C32H39NO5S/c1-3-4-5-6-7-8-9-10-11-12-13-15-25-20-23-29-30-27(25)16-14-17-28(30)31(34)33(32(29)35)38-39(36,37)26-21-18-24(2)19-22-26/h14,16-23H,3-13,15H2,1-2H3. The number of benzene rings is 3. The van der Waals surface area contributed by atoms with Crippen molar-refractivity contribution in [1.82, 2.24) is 5.06 Å². The smallest absolute Gasteiger partial charge is 0.266 e. The van der Waals surface area contributed by atoms with Crippen LogP contribution in [0, 0.1) is 6.92 Å². The molecule has 3 aromatic rings. The van der Waals surface area contributed by atoms with Gasteiger partial charge >= 0.3 is 10.1 Å². The molecule has 208 valence electrons. The molecule has 1 aliphatic heterocycles. The zero-order valence-electron chi connectivity index (χ0n) is 23.1. The van der Waals surface area contributed by atoms with E-state index in [4.69, 9.17) is 4.28 Å².